The topological polar surface area (TPSA) is 87.7 Å². The molecule has 0 heterocycles. The number of sulfonamides is 1. The maximum absolute atomic E-state index is 12.5. The molecule has 0 aliphatic heterocycles. The van der Waals surface area contributed by atoms with Crippen molar-refractivity contribution >= 4 is 27.3 Å². The van der Waals surface area contributed by atoms with Crippen LogP contribution in [0.4, 0.5) is 11.4 Å². The van der Waals surface area contributed by atoms with E-state index in [1.165, 1.54) is 16.4 Å². The van der Waals surface area contributed by atoms with Crippen LogP contribution in [-0.2, 0) is 14.8 Å². The molecule has 0 saturated carbocycles. The molecule has 0 radical (unpaired) electrons. The number of anilines is 2. The van der Waals surface area contributed by atoms with Crippen LogP contribution < -0.4 is 15.4 Å². The zero-order valence-electron chi connectivity index (χ0n) is 15.7. The summed E-state index contributed by atoms with van der Waals surface area (Å²) in [5.41, 5.74) is 1.25. The molecule has 0 aliphatic carbocycles. The number of nitrogens with zero attached hydrogens (tertiary/aromatic N) is 1. The predicted octanol–water partition coefficient (Wildman–Crippen LogP) is 2.78. The molecule has 0 saturated heterocycles. The molecule has 0 aliphatic rings. The van der Waals surface area contributed by atoms with E-state index < -0.39 is 10.0 Å². The van der Waals surface area contributed by atoms with E-state index in [0.29, 0.717) is 24.5 Å². The van der Waals surface area contributed by atoms with Gasteiger partial charge in [0.05, 0.1) is 24.2 Å². The maximum atomic E-state index is 12.5. The number of hydrogen-bond donors (Lipinski definition) is 2. The number of ether oxygens (including phenoxy) is 1. The second-order valence-corrected chi connectivity index (χ2v) is 7.65. The van der Waals surface area contributed by atoms with Gasteiger partial charge < -0.3 is 15.4 Å². The third-order valence-electron chi connectivity index (χ3n) is 4.03. The molecular weight excluding hydrogens is 366 g/mol. The van der Waals surface area contributed by atoms with E-state index in [-0.39, 0.29) is 17.3 Å². The van der Waals surface area contributed by atoms with Crippen LogP contribution in [-0.4, -0.2) is 45.4 Å². The minimum absolute atomic E-state index is 0.0554. The number of benzene rings is 2. The molecule has 2 aromatic carbocycles. The molecule has 0 bridgehead atoms. The highest BCUT2D eigenvalue weighted by Crippen LogP contribution is 2.23. The van der Waals surface area contributed by atoms with Crippen LogP contribution in [0.2, 0.25) is 0 Å². The molecule has 0 fully saturated rings. The number of hydrogen-bond acceptors (Lipinski definition) is 5. The SMILES string of the molecule is CCN(CC)S(=O)(=O)c1ccc(NC(=O)CNc2ccccc2OC)cc1. The van der Waals surface area contributed by atoms with Crippen LogP contribution >= 0.6 is 0 Å². The standard InChI is InChI=1S/C19H25N3O4S/c1-4-22(5-2)27(24,25)16-12-10-15(11-13-16)21-19(23)14-20-17-8-6-7-9-18(17)26-3/h6-13,20H,4-5,14H2,1-3H3,(H,21,23). The Hall–Kier alpha value is -2.58. The second kappa shape index (κ2) is 9.38. The summed E-state index contributed by atoms with van der Waals surface area (Å²) in [7, 11) is -1.94. The quantitative estimate of drug-likeness (QED) is 0.686. The van der Waals surface area contributed by atoms with E-state index in [4.69, 9.17) is 4.74 Å². The highest BCUT2D eigenvalue weighted by molar-refractivity contribution is 7.89. The van der Waals surface area contributed by atoms with Gasteiger partial charge in [0.1, 0.15) is 5.75 Å². The van der Waals surface area contributed by atoms with E-state index in [0.717, 1.165) is 5.69 Å². The summed E-state index contributed by atoms with van der Waals surface area (Å²) >= 11 is 0. The first-order chi connectivity index (χ1) is 12.9. The molecule has 0 spiro atoms. The van der Waals surface area contributed by atoms with Crippen molar-refractivity contribution in [3.8, 4) is 5.75 Å². The Morgan fingerprint density at radius 2 is 1.67 bits per heavy atom. The average molecular weight is 391 g/mol. The first-order valence-electron chi connectivity index (χ1n) is 8.69. The first kappa shape index (κ1) is 20.7. The van der Waals surface area contributed by atoms with Crippen molar-refractivity contribution < 1.29 is 17.9 Å². The Bertz CT molecular complexity index is 863. The molecule has 2 aromatic rings. The van der Waals surface area contributed by atoms with E-state index >= 15 is 0 Å². The van der Waals surface area contributed by atoms with Crippen LogP contribution in [0.3, 0.4) is 0 Å². The Balaban J connectivity index is 1.99. The summed E-state index contributed by atoms with van der Waals surface area (Å²) in [4.78, 5) is 12.3. The van der Waals surface area contributed by atoms with Gasteiger partial charge in [-0.3, -0.25) is 4.79 Å². The van der Waals surface area contributed by atoms with Crippen molar-refractivity contribution in [3.63, 3.8) is 0 Å². The largest absolute Gasteiger partial charge is 0.495 e. The molecule has 0 unspecified atom stereocenters. The van der Waals surface area contributed by atoms with Gasteiger partial charge in [-0.15, -0.1) is 0 Å². The Kier molecular flexibility index (Phi) is 7.20. The zero-order chi connectivity index (χ0) is 19.9. The van der Waals surface area contributed by atoms with Gasteiger partial charge >= 0.3 is 0 Å². The lowest BCUT2D eigenvalue weighted by Gasteiger charge is -2.18. The van der Waals surface area contributed by atoms with Crippen LogP contribution in [0.5, 0.6) is 5.75 Å². The Morgan fingerprint density at radius 3 is 2.26 bits per heavy atom. The van der Waals surface area contributed by atoms with E-state index in [1.807, 2.05) is 18.2 Å². The fraction of sp³-hybridized carbons (Fsp3) is 0.316. The van der Waals surface area contributed by atoms with Gasteiger partial charge in [0, 0.05) is 18.8 Å². The van der Waals surface area contributed by atoms with Crippen molar-refractivity contribution in [2.45, 2.75) is 18.7 Å². The Morgan fingerprint density at radius 1 is 1.04 bits per heavy atom. The fourth-order valence-corrected chi connectivity index (χ4v) is 4.05. The number of carbonyl (C=O) groups excluding carboxylic acids is 1. The number of methoxy groups -OCH3 is 1. The van der Waals surface area contributed by atoms with Crippen molar-refractivity contribution in [2.75, 3.05) is 37.4 Å². The first-order valence-corrected chi connectivity index (χ1v) is 10.1. The minimum atomic E-state index is -3.51. The van der Waals surface area contributed by atoms with E-state index in [2.05, 4.69) is 10.6 Å². The molecule has 7 nitrogen and oxygen atoms in total. The maximum Gasteiger partial charge on any atom is 0.243 e. The van der Waals surface area contributed by atoms with Crippen molar-refractivity contribution in [3.05, 3.63) is 48.5 Å². The third-order valence-corrected chi connectivity index (χ3v) is 6.09. The van der Waals surface area contributed by atoms with Crippen LogP contribution in [0.25, 0.3) is 0 Å². The highest BCUT2D eigenvalue weighted by Gasteiger charge is 2.21. The van der Waals surface area contributed by atoms with E-state index in [1.54, 1.807) is 39.2 Å². The summed E-state index contributed by atoms with van der Waals surface area (Å²) in [5, 5.41) is 5.75. The summed E-state index contributed by atoms with van der Waals surface area (Å²) in [6, 6.07) is 13.5. The molecule has 27 heavy (non-hydrogen) atoms. The molecule has 2 N–H and O–H groups in total. The lowest BCUT2D eigenvalue weighted by molar-refractivity contribution is -0.114. The summed E-state index contributed by atoms with van der Waals surface area (Å²) in [6.07, 6.45) is 0. The smallest absolute Gasteiger partial charge is 0.243 e. The van der Waals surface area contributed by atoms with Crippen LogP contribution in [0.15, 0.2) is 53.4 Å². The normalized spacial score (nSPS) is 11.3. The number of carbonyl (C=O) groups is 1. The predicted molar refractivity (Wildman–Crippen MR) is 107 cm³/mol. The van der Waals surface area contributed by atoms with Crippen molar-refractivity contribution in [1.82, 2.24) is 4.31 Å². The van der Waals surface area contributed by atoms with Gasteiger partial charge in [0.15, 0.2) is 0 Å². The number of para-hydroxylation sites is 2. The molecule has 2 rings (SSSR count). The molecule has 1 amide bonds. The third kappa shape index (κ3) is 5.21. The van der Waals surface area contributed by atoms with Gasteiger partial charge in [-0.1, -0.05) is 26.0 Å². The second-order valence-electron chi connectivity index (χ2n) is 5.72. The lowest BCUT2D eigenvalue weighted by Crippen LogP contribution is -2.30. The zero-order valence-corrected chi connectivity index (χ0v) is 16.5. The molecule has 146 valence electrons. The van der Waals surface area contributed by atoms with E-state index in [9.17, 15) is 13.2 Å². The van der Waals surface area contributed by atoms with Gasteiger partial charge in [0.2, 0.25) is 15.9 Å². The van der Waals surface area contributed by atoms with Gasteiger partial charge in [-0.05, 0) is 36.4 Å². The van der Waals surface area contributed by atoms with Gasteiger partial charge in [-0.25, -0.2) is 8.42 Å². The monoisotopic (exact) mass is 391 g/mol. The number of amides is 1. The number of nitrogens with one attached hydrogen (secondary N) is 2. The van der Waals surface area contributed by atoms with Crippen LogP contribution in [0.1, 0.15) is 13.8 Å². The summed E-state index contributed by atoms with van der Waals surface area (Å²) < 4.78 is 31.5. The van der Waals surface area contributed by atoms with Crippen molar-refractivity contribution in [1.29, 1.82) is 0 Å². The summed E-state index contributed by atoms with van der Waals surface area (Å²) in [5.74, 6) is 0.400. The fourth-order valence-electron chi connectivity index (χ4n) is 2.59. The summed E-state index contributed by atoms with van der Waals surface area (Å²) in [6.45, 7) is 4.46. The van der Waals surface area contributed by atoms with Crippen LogP contribution in [0, 0.1) is 0 Å². The van der Waals surface area contributed by atoms with Crippen molar-refractivity contribution in [2.24, 2.45) is 0 Å². The Labute approximate surface area is 160 Å². The molecule has 8 heteroatoms. The highest BCUT2D eigenvalue weighted by atomic mass is 32.2. The van der Waals surface area contributed by atoms with Gasteiger partial charge in [0.25, 0.3) is 0 Å². The van der Waals surface area contributed by atoms with Gasteiger partial charge in [-0.2, -0.15) is 4.31 Å². The minimum Gasteiger partial charge on any atom is -0.495 e. The molecular formula is C19H25N3O4S. The molecule has 0 aromatic heterocycles. The molecule has 0 atom stereocenters. The average Bonchev–Trinajstić information content (AvgIpc) is 2.67. The lowest BCUT2D eigenvalue weighted by atomic mass is 10.3. The number of rotatable bonds is 9.